The fourth-order valence-electron chi connectivity index (χ4n) is 1.59. The van der Waals surface area contributed by atoms with Crippen LogP contribution in [0.1, 0.15) is 24.2 Å². The summed E-state index contributed by atoms with van der Waals surface area (Å²) in [6, 6.07) is 0.704. The number of hydrogen-bond acceptors (Lipinski definition) is 6. The number of aryl methyl sites for hydroxylation is 1. The highest BCUT2D eigenvalue weighted by molar-refractivity contribution is 7.99. The maximum atomic E-state index is 4.35. The van der Waals surface area contributed by atoms with Crippen LogP contribution < -0.4 is 5.32 Å². The third-order valence-electron chi connectivity index (χ3n) is 3.09. The van der Waals surface area contributed by atoms with Crippen LogP contribution >= 0.6 is 11.8 Å². The molecule has 0 aromatic carbocycles. The molecule has 1 saturated carbocycles. The van der Waals surface area contributed by atoms with Crippen molar-refractivity contribution in [3.8, 4) is 0 Å². The molecule has 1 N–H and O–H groups in total. The Balaban J connectivity index is 1.63. The summed E-state index contributed by atoms with van der Waals surface area (Å²) in [5.41, 5.74) is 1.12. The molecule has 0 bridgehead atoms. The molecule has 2 heterocycles. The minimum Gasteiger partial charge on any atom is -0.310 e. The van der Waals surface area contributed by atoms with Crippen molar-refractivity contribution in [1.82, 2.24) is 30.0 Å². The molecule has 0 aliphatic heterocycles. The summed E-state index contributed by atoms with van der Waals surface area (Å²) >= 11 is 1.43. The van der Waals surface area contributed by atoms with E-state index >= 15 is 0 Å². The molecule has 100 valence electrons. The first-order valence-electron chi connectivity index (χ1n) is 6.30. The molecule has 19 heavy (non-hydrogen) atoms. The van der Waals surface area contributed by atoms with Gasteiger partial charge in [-0.05, 0) is 31.5 Å². The van der Waals surface area contributed by atoms with E-state index < -0.39 is 0 Å². The SMILES string of the molecule is Cc1nnc(Sc2ncc(CNC3CC3)cn2)n1C. The van der Waals surface area contributed by atoms with Crippen LogP contribution in [0.3, 0.4) is 0 Å². The Kier molecular flexibility index (Phi) is 3.48. The van der Waals surface area contributed by atoms with Gasteiger partial charge >= 0.3 is 0 Å². The minimum atomic E-state index is 0.700. The predicted octanol–water partition coefficient (Wildman–Crippen LogP) is 1.32. The smallest absolute Gasteiger partial charge is 0.198 e. The van der Waals surface area contributed by atoms with Crippen molar-refractivity contribution >= 4 is 11.8 Å². The van der Waals surface area contributed by atoms with E-state index in [9.17, 15) is 0 Å². The van der Waals surface area contributed by atoms with Gasteiger partial charge in [0.2, 0.25) is 0 Å². The van der Waals surface area contributed by atoms with Crippen LogP contribution in [0.25, 0.3) is 0 Å². The van der Waals surface area contributed by atoms with Gasteiger partial charge in [-0.3, -0.25) is 0 Å². The van der Waals surface area contributed by atoms with Crippen molar-refractivity contribution in [2.45, 2.75) is 42.7 Å². The van der Waals surface area contributed by atoms with Gasteiger partial charge in [0.1, 0.15) is 5.82 Å². The third kappa shape index (κ3) is 3.10. The molecular formula is C12H16N6S. The zero-order valence-corrected chi connectivity index (χ0v) is 11.8. The first kappa shape index (κ1) is 12.6. The maximum Gasteiger partial charge on any atom is 0.198 e. The quantitative estimate of drug-likeness (QED) is 0.831. The van der Waals surface area contributed by atoms with Crippen LogP contribution in [0, 0.1) is 6.92 Å². The van der Waals surface area contributed by atoms with Gasteiger partial charge < -0.3 is 9.88 Å². The van der Waals surface area contributed by atoms with Gasteiger partial charge in [-0.25, -0.2) is 9.97 Å². The van der Waals surface area contributed by atoms with Gasteiger partial charge in [0.05, 0.1) is 0 Å². The van der Waals surface area contributed by atoms with E-state index in [4.69, 9.17) is 0 Å². The normalized spacial score (nSPS) is 14.8. The van der Waals surface area contributed by atoms with Crippen molar-refractivity contribution in [2.75, 3.05) is 0 Å². The summed E-state index contributed by atoms with van der Waals surface area (Å²) in [5, 5.41) is 13.0. The molecule has 0 atom stereocenters. The second-order valence-electron chi connectivity index (χ2n) is 4.72. The molecule has 0 spiro atoms. The molecule has 0 unspecified atom stereocenters. The van der Waals surface area contributed by atoms with E-state index in [0.717, 1.165) is 23.1 Å². The fraction of sp³-hybridized carbons (Fsp3) is 0.500. The van der Waals surface area contributed by atoms with Crippen LogP contribution in [0.4, 0.5) is 0 Å². The molecule has 1 aliphatic rings. The van der Waals surface area contributed by atoms with E-state index in [1.165, 1.54) is 24.6 Å². The van der Waals surface area contributed by atoms with Crippen molar-refractivity contribution in [1.29, 1.82) is 0 Å². The van der Waals surface area contributed by atoms with Crippen molar-refractivity contribution in [2.24, 2.45) is 7.05 Å². The lowest BCUT2D eigenvalue weighted by Crippen LogP contribution is -2.15. The first-order valence-corrected chi connectivity index (χ1v) is 7.12. The number of rotatable bonds is 5. The Morgan fingerprint density at radius 2 is 2.05 bits per heavy atom. The fourth-order valence-corrected chi connectivity index (χ4v) is 2.32. The van der Waals surface area contributed by atoms with Crippen LogP contribution in [0.2, 0.25) is 0 Å². The van der Waals surface area contributed by atoms with Gasteiger partial charge in [-0.2, -0.15) is 0 Å². The molecule has 0 radical (unpaired) electrons. The lowest BCUT2D eigenvalue weighted by atomic mass is 10.3. The van der Waals surface area contributed by atoms with E-state index in [-0.39, 0.29) is 0 Å². The molecule has 2 aromatic heterocycles. The van der Waals surface area contributed by atoms with E-state index in [1.807, 2.05) is 30.9 Å². The lowest BCUT2D eigenvalue weighted by molar-refractivity contribution is 0.679. The summed E-state index contributed by atoms with van der Waals surface area (Å²) in [6.45, 7) is 2.77. The average molecular weight is 276 g/mol. The minimum absolute atomic E-state index is 0.700. The van der Waals surface area contributed by atoms with Crippen molar-refractivity contribution in [3.63, 3.8) is 0 Å². The van der Waals surface area contributed by atoms with E-state index in [2.05, 4.69) is 25.5 Å². The highest BCUT2D eigenvalue weighted by atomic mass is 32.2. The Morgan fingerprint density at radius 1 is 1.32 bits per heavy atom. The highest BCUT2D eigenvalue weighted by Crippen LogP contribution is 2.22. The molecule has 0 amide bonds. The van der Waals surface area contributed by atoms with Gasteiger partial charge in [-0.15, -0.1) is 10.2 Å². The molecule has 1 aliphatic carbocycles. The predicted molar refractivity (Wildman–Crippen MR) is 71.8 cm³/mol. The average Bonchev–Trinajstić information content (AvgIpc) is 3.20. The monoisotopic (exact) mass is 276 g/mol. The third-order valence-corrected chi connectivity index (χ3v) is 4.02. The number of aromatic nitrogens is 5. The number of nitrogens with zero attached hydrogens (tertiary/aromatic N) is 5. The van der Waals surface area contributed by atoms with E-state index in [0.29, 0.717) is 11.2 Å². The Hall–Kier alpha value is -1.47. The van der Waals surface area contributed by atoms with Crippen molar-refractivity contribution < 1.29 is 0 Å². The Labute approximate surface area is 116 Å². The second-order valence-corrected chi connectivity index (χ2v) is 5.65. The first-order chi connectivity index (χ1) is 9.22. The molecule has 6 nitrogen and oxygen atoms in total. The summed E-state index contributed by atoms with van der Waals surface area (Å²) in [4.78, 5) is 8.71. The zero-order valence-electron chi connectivity index (χ0n) is 11.0. The number of hydrogen-bond donors (Lipinski definition) is 1. The van der Waals surface area contributed by atoms with Crippen LogP contribution in [-0.2, 0) is 13.6 Å². The lowest BCUT2D eigenvalue weighted by Gasteiger charge is -2.03. The van der Waals surface area contributed by atoms with Crippen LogP contribution in [0.5, 0.6) is 0 Å². The summed E-state index contributed by atoms with van der Waals surface area (Å²) < 4.78 is 1.93. The van der Waals surface area contributed by atoms with Gasteiger partial charge in [0.15, 0.2) is 10.3 Å². The van der Waals surface area contributed by atoms with Crippen LogP contribution in [0.15, 0.2) is 22.7 Å². The number of nitrogens with one attached hydrogen (secondary N) is 1. The molecule has 3 rings (SSSR count). The largest absolute Gasteiger partial charge is 0.310 e. The van der Waals surface area contributed by atoms with Gasteiger partial charge in [-0.1, -0.05) is 0 Å². The maximum absolute atomic E-state index is 4.35. The summed E-state index contributed by atoms with van der Waals surface area (Å²) in [6.07, 6.45) is 6.32. The molecule has 0 saturated heterocycles. The van der Waals surface area contributed by atoms with E-state index in [1.54, 1.807) is 0 Å². The van der Waals surface area contributed by atoms with Gasteiger partial charge in [0, 0.05) is 37.6 Å². The van der Waals surface area contributed by atoms with Crippen LogP contribution in [-0.4, -0.2) is 30.8 Å². The topological polar surface area (TPSA) is 68.5 Å². The molecular weight excluding hydrogens is 260 g/mol. The summed E-state index contributed by atoms with van der Waals surface area (Å²) in [5.74, 6) is 0.882. The molecule has 7 heteroatoms. The summed E-state index contributed by atoms with van der Waals surface area (Å²) in [7, 11) is 1.94. The highest BCUT2D eigenvalue weighted by Gasteiger charge is 2.20. The standard InChI is InChI=1S/C12H16N6S/c1-8-16-17-12(18(8)2)19-11-14-6-9(7-15-11)5-13-10-3-4-10/h6-7,10,13H,3-5H2,1-2H3. The van der Waals surface area contributed by atoms with Gasteiger partial charge in [0.25, 0.3) is 0 Å². The Bertz CT molecular complexity index is 560. The second kappa shape index (κ2) is 5.26. The Morgan fingerprint density at radius 3 is 2.63 bits per heavy atom. The zero-order chi connectivity index (χ0) is 13.2. The van der Waals surface area contributed by atoms with Crippen molar-refractivity contribution in [3.05, 3.63) is 23.8 Å². The molecule has 2 aromatic rings. The molecule has 1 fully saturated rings.